The first-order valence-corrected chi connectivity index (χ1v) is 31.6. The van der Waals surface area contributed by atoms with Gasteiger partial charge >= 0.3 is 0 Å². The number of hydrogen-bond acceptors (Lipinski definition) is 12. The van der Waals surface area contributed by atoms with Crippen LogP contribution >= 0.6 is 47.2 Å². The number of carbonyl (C=O) groups excluding carboxylic acids is 2. The van der Waals surface area contributed by atoms with Gasteiger partial charge in [0.2, 0.25) is 0 Å². The summed E-state index contributed by atoms with van der Waals surface area (Å²) in [5.74, 6) is -0.260. The van der Waals surface area contributed by atoms with Crippen LogP contribution in [0.25, 0.3) is 66.9 Å². The number of carbonyl (C=O) groups is 2. The van der Waals surface area contributed by atoms with Crippen LogP contribution in [0.1, 0.15) is 20.7 Å². The van der Waals surface area contributed by atoms with Gasteiger partial charge in [-0.2, -0.15) is 10.2 Å². The quantitative estimate of drug-likeness (QED) is 0.0353. The molecule has 8 aromatic rings. The minimum Gasteiger partial charge on any atom is -0.361 e. The molecular weight excluding hydrogens is 1040 g/mol. The highest BCUT2D eigenvalue weighted by Gasteiger charge is 2.23. The first-order chi connectivity index (χ1) is 33.6. The summed E-state index contributed by atoms with van der Waals surface area (Å²) in [5.41, 5.74) is 5.13. The molecule has 0 bridgehead atoms. The van der Waals surface area contributed by atoms with E-state index < -0.39 is 27.8 Å². The minimum absolute atomic E-state index is 0. The first kappa shape index (κ1) is 58.1. The zero-order chi connectivity index (χ0) is 51.8. The summed E-state index contributed by atoms with van der Waals surface area (Å²) >= 11 is 17.4. The van der Waals surface area contributed by atoms with Crippen LogP contribution in [0.15, 0.2) is 49.1 Å². The molecule has 16 nitrogen and oxygen atoms in total. The molecule has 388 valence electrons. The van der Waals surface area contributed by atoms with Crippen LogP contribution in [-0.2, 0) is 29.5 Å². The summed E-state index contributed by atoms with van der Waals surface area (Å²) < 4.78 is 46.4. The Morgan fingerprint density at radius 1 is 0.708 bits per heavy atom. The van der Waals surface area contributed by atoms with Crippen molar-refractivity contribution in [1.82, 2.24) is 58.8 Å². The van der Waals surface area contributed by atoms with Crippen molar-refractivity contribution >= 4 is 120 Å². The lowest BCUT2D eigenvalue weighted by molar-refractivity contribution is 0.0895. The molecule has 0 aliphatic rings. The molecule has 6 aromatic heterocycles. The van der Waals surface area contributed by atoms with E-state index in [2.05, 4.69) is 74.5 Å². The number of likely N-dealkylation sites (N-methyl/N-ethyl adjacent to an activating group) is 1. The van der Waals surface area contributed by atoms with Crippen LogP contribution in [0.2, 0.25) is 61.4 Å². The van der Waals surface area contributed by atoms with E-state index >= 15 is 4.39 Å². The zero-order valence-corrected chi connectivity index (χ0v) is 47.3. The molecule has 1 N–H and O–H groups in total. The van der Waals surface area contributed by atoms with Crippen molar-refractivity contribution in [1.29, 1.82) is 0 Å². The molecule has 6 heterocycles. The Hall–Kier alpha value is -4.75. The standard InChI is InChI=1S/C24H30ClFN6O2Si.C20H21ClFN5O2Si.C4H10ClN.ClH/c1-30(2)6-7-32-20-11-17(25)10-18(26)21(20)23(29-32)19-12-27-24-22(28-19)16(14-33)13-31(24)15-34-8-9-35(3,4)5;1-30(2,3)5-4-29-11-27-9-12(10-28)18-20(27)23-8-16(24-18)19-17-14(22)6-13(21)7-15(17)25-26-19;1-6(2)4-3-5;/h10-14H,6-9,15H2,1-5H3;6-10H,4-5,11H2,1-3H3,(H,25,26);3-4H2,1-2H3;1H. The predicted octanol–water partition coefficient (Wildman–Crippen LogP) is 11.0. The molecule has 0 radical (unpaired) electrons. The average Bonchev–Trinajstić information content (AvgIpc) is 4.07. The Labute approximate surface area is 440 Å². The van der Waals surface area contributed by atoms with Gasteiger partial charge < -0.3 is 28.4 Å². The number of ether oxygens (including phenoxy) is 2. The number of nitrogens with zero attached hydrogens (tertiary/aromatic N) is 11. The molecule has 24 heteroatoms. The number of nitrogens with one attached hydrogen (secondary N) is 1. The molecule has 0 aliphatic heterocycles. The SMILES string of the molecule is CN(C)CCCl.CN(C)CCn1nc(-c2cnc3c(n2)c(C=O)cn3COCC[Si](C)(C)C)c2c(F)cc(Cl)cc21.C[Si](C)(C)CCOCn1cc(C=O)c2nc(-c3n[nH]c4cc(Cl)cc(F)c34)cnc21.Cl. The van der Waals surface area contributed by atoms with E-state index in [1.807, 2.05) is 38.0 Å². The summed E-state index contributed by atoms with van der Waals surface area (Å²) in [5, 5.41) is 12.8. The van der Waals surface area contributed by atoms with Gasteiger partial charge in [0, 0.05) is 70.8 Å². The monoisotopic (exact) mass is 1100 g/mol. The molecule has 72 heavy (non-hydrogen) atoms. The average molecular weight is 1110 g/mol. The third kappa shape index (κ3) is 14.9. The number of benzene rings is 2. The van der Waals surface area contributed by atoms with E-state index in [-0.39, 0.29) is 36.3 Å². The molecule has 2 aromatic carbocycles. The normalized spacial score (nSPS) is 11.9. The molecule has 0 saturated heterocycles. The van der Waals surface area contributed by atoms with Crippen LogP contribution in [0.3, 0.4) is 0 Å². The topological polar surface area (TPSA) is 167 Å². The van der Waals surface area contributed by atoms with Gasteiger partial charge in [0.1, 0.15) is 58.9 Å². The molecule has 0 saturated carbocycles. The second-order valence-corrected chi connectivity index (χ2v) is 32.4. The van der Waals surface area contributed by atoms with Gasteiger partial charge in [0.05, 0.1) is 51.9 Å². The third-order valence-electron chi connectivity index (χ3n) is 11.0. The van der Waals surface area contributed by atoms with E-state index in [4.69, 9.17) is 44.3 Å². The molecule has 0 aliphatic carbocycles. The lowest BCUT2D eigenvalue weighted by atomic mass is 10.1. The second kappa shape index (κ2) is 25.5. The van der Waals surface area contributed by atoms with Crippen molar-refractivity contribution in [3.8, 4) is 22.8 Å². The summed E-state index contributed by atoms with van der Waals surface area (Å²) in [6.07, 6.45) is 7.89. The molecule has 0 unspecified atom stereocenters. The van der Waals surface area contributed by atoms with E-state index in [0.717, 1.165) is 37.1 Å². The number of aromatic amines is 1. The smallest absolute Gasteiger partial charge is 0.161 e. The van der Waals surface area contributed by atoms with E-state index in [0.29, 0.717) is 104 Å². The molecule has 0 amide bonds. The maximum Gasteiger partial charge on any atom is 0.161 e. The highest BCUT2D eigenvalue weighted by molar-refractivity contribution is 6.76. The lowest BCUT2D eigenvalue weighted by Gasteiger charge is -2.15. The van der Waals surface area contributed by atoms with Gasteiger partial charge in [-0.25, -0.2) is 28.7 Å². The largest absolute Gasteiger partial charge is 0.361 e. The van der Waals surface area contributed by atoms with Crippen LogP contribution in [0.5, 0.6) is 0 Å². The van der Waals surface area contributed by atoms with Crippen molar-refractivity contribution in [3.63, 3.8) is 0 Å². The molecule has 0 fully saturated rings. The summed E-state index contributed by atoms with van der Waals surface area (Å²) in [4.78, 5) is 45.7. The Balaban J connectivity index is 0.000000239. The molecule has 0 atom stereocenters. The van der Waals surface area contributed by atoms with Gasteiger partial charge in [0.25, 0.3) is 0 Å². The first-order valence-electron chi connectivity index (χ1n) is 22.9. The summed E-state index contributed by atoms with van der Waals surface area (Å²) in [6.45, 7) is 17.8. The van der Waals surface area contributed by atoms with Gasteiger partial charge in [-0.05, 0) is 64.5 Å². The highest BCUT2D eigenvalue weighted by Crippen LogP contribution is 2.34. The Kier molecular flexibility index (Phi) is 20.6. The maximum atomic E-state index is 15.1. The molecule has 0 spiro atoms. The Bertz CT molecular complexity index is 3130. The van der Waals surface area contributed by atoms with Crippen molar-refractivity contribution in [3.05, 3.63) is 81.9 Å². The number of alkyl halides is 1. The van der Waals surface area contributed by atoms with Crippen LogP contribution in [0.4, 0.5) is 8.78 Å². The van der Waals surface area contributed by atoms with E-state index in [1.54, 1.807) is 44.5 Å². The fourth-order valence-corrected chi connectivity index (χ4v) is 9.38. The van der Waals surface area contributed by atoms with Crippen molar-refractivity contribution in [2.24, 2.45) is 0 Å². The van der Waals surface area contributed by atoms with Gasteiger partial charge in [-0.3, -0.25) is 19.4 Å². The lowest BCUT2D eigenvalue weighted by Crippen LogP contribution is -2.22. The Morgan fingerprint density at radius 2 is 1.19 bits per heavy atom. The fraction of sp³-hybridized carbons (Fsp3) is 0.417. The number of halogens is 6. The highest BCUT2D eigenvalue weighted by atomic mass is 35.5. The number of aromatic nitrogens is 10. The van der Waals surface area contributed by atoms with Crippen LogP contribution in [0, 0.1) is 11.6 Å². The van der Waals surface area contributed by atoms with Gasteiger partial charge in [-0.1, -0.05) is 62.5 Å². The zero-order valence-electron chi connectivity index (χ0n) is 42.2. The number of rotatable bonds is 19. The summed E-state index contributed by atoms with van der Waals surface area (Å²) in [6, 6.07) is 7.87. The molecular formula is C48H62Cl4F2N12O4Si2. The number of aldehydes is 2. The second-order valence-electron chi connectivity index (χ2n) is 19.9. The fourth-order valence-electron chi connectivity index (χ4n) is 7.13. The van der Waals surface area contributed by atoms with Crippen LogP contribution in [-0.4, -0.2) is 148 Å². The maximum absolute atomic E-state index is 15.1. The van der Waals surface area contributed by atoms with E-state index in [1.165, 1.54) is 18.3 Å². The van der Waals surface area contributed by atoms with E-state index in [9.17, 15) is 14.0 Å². The molecule has 8 rings (SSSR count). The number of fused-ring (bicyclic) bond motifs is 4. The Morgan fingerprint density at radius 3 is 1.65 bits per heavy atom. The minimum atomic E-state index is -1.21. The predicted molar refractivity (Wildman–Crippen MR) is 293 cm³/mol. The van der Waals surface area contributed by atoms with Gasteiger partial charge in [-0.15, -0.1) is 24.0 Å². The third-order valence-corrected chi connectivity index (χ3v) is 15.0. The van der Waals surface area contributed by atoms with Crippen molar-refractivity contribution in [2.75, 3.05) is 60.4 Å². The number of hydrogen-bond donors (Lipinski definition) is 1. The van der Waals surface area contributed by atoms with Crippen LogP contribution < -0.4 is 0 Å². The van der Waals surface area contributed by atoms with Crippen molar-refractivity contribution < 1.29 is 27.8 Å². The summed E-state index contributed by atoms with van der Waals surface area (Å²) in [7, 11) is 5.53. The van der Waals surface area contributed by atoms with Crippen molar-refractivity contribution in [2.45, 2.75) is 71.4 Å². The number of H-pyrrole nitrogens is 1. The van der Waals surface area contributed by atoms with Gasteiger partial charge in [0.15, 0.2) is 23.9 Å².